The minimum Gasteiger partial charge on any atom is -0.250 e. The van der Waals surface area contributed by atoms with E-state index in [4.69, 9.17) is 0 Å². The van der Waals surface area contributed by atoms with Crippen LogP contribution in [-0.4, -0.2) is 34.7 Å². The molecule has 0 radical (unpaired) electrons. The predicted octanol–water partition coefficient (Wildman–Crippen LogP) is 0.516. The molecule has 88 valence electrons. The van der Waals surface area contributed by atoms with E-state index in [2.05, 4.69) is 10.1 Å². The minimum atomic E-state index is -2.83. The van der Waals surface area contributed by atoms with E-state index in [1.54, 1.807) is 0 Å². The van der Waals surface area contributed by atoms with Crippen molar-refractivity contribution in [1.82, 2.24) is 14.8 Å². The van der Waals surface area contributed by atoms with Crippen LogP contribution in [0.15, 0.2) is 0 Å². The Morgan fingerprint density at radius 2 is 2.19 bits per heavy atom. The Morgan fingerprint density at radius 3 is 2.88 bits per heavy atom. The highest BCUT2D eigenvalue weighted by molar-refractivity contribution is 7.91. The van der Waals surface area contributed by atoms with E-state index in [1.165, 1.54) is 6.42 Å². The number of hydrogen-bond acceptors (Lipinski definition) is 4. The van der Waals surface area contributed by atoms with Crippen molar-refractivity contribution in [3.05, 3.63) is 11.6 Å². The van der Waals surface area contributed by atoms with Crippen LogP contribution in [0, 0.1) is 0 Å². The molecule has 2 aliphatic heterocycles. The fourth-order valence-electron chi connectivity index (χ4n) is 2.47. The molecule has 0 amide bonds. The summed E-state index contributed by atoms with van der Waals surface area (Å²) in [7, 11) is -2.83. The van der Waals surface area contributed by atoms with Crippen molar-refractivity contribution >= 4 is 9.84 Å². The number of aromatic nitrogens is 3. The number of nitrogens with zero attached hydrogens (tertiary/aromatic N) is 3. The third-order valence-electron chi connectivity index (χ3n) is 3.38. The van der Waals surface area contributed by atoms with Gasteiger partial charge < -0.3 is 0 Å². The molecule has 1 unspecified atom stereocenters. The van der Waals surface area contributed by atoms with Crippen LogP contribution in [-0.2, 0) is 22.8 Å². The quantitative estimate of drug-likeness (QED) is 0.719. The number of hydrogen-bond donors (Lipinski definition) is 0. The Bertz CT molecular complexity index is 483. The molecule has 0 aliphatic carbocycles. The average molecular weight is 241 g/mol. The van der Waals surface area contributed by atoms with Gasteiger partial charge in [-0.1, -0.05) is 0 Å². The molecule has 1 saturated heterocycles. The molecule has 0 saturated carbocycles. The van der Waals surface area contributed by atoms with Gasteiger partial charge in [0.25, 0.3) is 0 Å². The number of rotatable bonds is 1. The molecule has 5 nitrogen and oxygen atoms in total. The number of sulfone groups is 1. The molecule has 0 spiro atoms. The van der Waals surface area contributed by atoms with E-state index < -0.39 is 9.84 Å². The van der Waals surface area contributed by atoms with Crippen LogP contribution in [0.25, 0.3) is 0 Å². The van der Waals surface area contributed by atoms with Crippen molar-refractivity contribution in [2.75, 3.05) is 11.5 Å². The minimum absolute atomic E-state index is 0.0306. The summed E-state index contributed by atoms with van der Waals surface area (Å²) in [5.41, 5.74) is 0. The molecule has 1 atom stereocenters. The van der Waals surface area contributed by atoms with Crippen molar-refractivity contribution in [2.24, 2.45) is 0 Å². The third kappa shape index (κ3) is 1.75. The summed E-state index contributed by atoms with van der Waals surface area (Å²) in [5, 5.41) is 4.44. The lowest BCUT2D eigenvalue weighted by molar-refractivity contribution is 0.477. The first-order valence-corrected chi connectivity index (χ1v) is 7.60. The van der Waals surface area contributed by atoms with Crippen molar-refractivity contribution < 1.29 is 8.42 Å². The lowest BCUT2D eigenvalue weighted by Gasteiger charge is -2.10. The molecule has 6 heteroatoms. The van der Waals surface area contributed by atoms with Crippen LogP contribution < -0.4 is 0 Å². The second-order valence-electron chi connectivity index (χ2n) is 4.67. The number of aryl methyl sites for hydroxylation is 2. The summed E-state index contributed by atoms with van der Waals surface area (Å²) in [6.45, 7) is 0.932. The molecule has 0 bridgehead atoms. The van der Waals surface area contributed by atoms with Crippen molar-refractivity contribution in [2.45, 2.75) is 38.1 Å². The fraction of sp³-hybridized carbons (Fsp3) is 0.800. The monoisotopic (exact) mass is 241 g/mol. The molecule has 16 heavy (non-hydrogen) atoms. The topological polar surface area (TPSA) is 64.8 Å². The van der Waals surface area contributed by atoms with Crippen molar-refractivity contribution in [1.29, 1.82) is 0 Å². The summed E-state index contributed by atoms with van der Waals surface area (Å²) < 4.78 is 24.7. The summed E-state index contributed by atoms with van der Waals surface area (Å²) in [6.07, 6.45) is 3.98. The molecule has 1 fully saturated rings. The van der Waals surface area contributed by atoms with Gasteiger partial charge in [0.1, 0.15) is 5.82 Å². The molecule has 3 heterocycles. The molecule has 3 rings (SSSR count). The Kier molecular flexibility index (Phi) is 2.27. The zero-order valence-electron chi connectivity index (χ0n) is 9.09. The predicted molar refractivity (Wildman–Crippen MR) is 59.0 cm³/mol. The highest BCUT2D eigenvalue weighted by Crippen LogP contribution is 2.27. The van der Waals surface area contributed by atoms with Gasteiger partial charge in [-0.05, 0) is 19.3 Å². The zero-order chi connectivity index (χ0) is 11.2. The van der Waals surface area contributed by atoms with Gasteiger partial charge in [-0.15, -0.1) is 0 Å². The Labute approximate surface area is 94.8 Å². The van der Waals surface area contributed by atoms with Crippen LogP contribution >= 0.6 is 0 Å². The van der Waals surface area contributed by atoms with Crippen LogP contribution in [0.2, 0.25) is 0 Å². The van der Waals surface area contributed by atoms with Gasteiger partial charge >= 0.3 is 0 Å². The smallest absolute Gasteiger partial charge is 0.155 e. The molecular weight excluding hydrogens is 226 g/mol. The van der Waals surface area contributed by atoms with E-state index in [9.17, 15) is 8.42 Å². The van der Waals surface area contributed by atoms with Crippen LogP contribution in [0.5, 0.6) is 0 Å². The van der Waals surface area contributed by atoms with Gasteiger partial charge in [0.15, 0.2) is 15.7 Å². The van der Waals surface area contributed by atoms with E-state index in [-0.39, 0.29) is 11.7 Å². The van der Waals surface area contributed by atoms with E-state index in [0.29, 0.717) is 12.2 Å². The second kappa shape index (κ2) is 3.55. The van der Waals surface area contributed by atoms with Gasteiger partial charge in [0, 0.05) is 18.9 Å². The lowest BCUT2D eigenvalue weighted by atomic mass is 10.1. The molecular formula is C10H15N3O2S. The Morgan fingerprint density at radius 1 is 1.31 bits per heavy atom. The van der Waals surface area contributed by atoms with Crippen LogP contribution in [0.3, 0.4) is 0 Å². The van der Waals surface area contributed by atoms with Gasteiger partial charge in [-0.3, -0.25) is 0 Å². The highest BCUT2D eigenvalue weighted by Gasteiger charge is 2.32. The first-order chi connectivity index (χ1) is 7.64. The first kappa shape index (κ1) is 10.3. The Hall–Kier alpha value is -0.910. The largest absolute Gasteiger partial charge is 0.250 e. The molecule has 1 aromatic heterocycles. The molecule has 1 aromatic rings. The van der Waals surface area contributed by atoms with Crippen LogP contribution in [0.1, 0.15) is 36.8 Å². The average Bonchev–Trinajstić information content (AvgIpc) is 2.80. The number of fused-ring (bicyclic) bond motifs is 1. The van der Waals surface area contributed by atoms with E-state index in [1.807, 2.05) is 4.68 Å². The first-order valence-electron chi connectivity index (χ1n) is 5.78. The van der Waals surface area contributed by atoms with E-state index in [0.717, 1.165) is 31.0 Å². The summed E-state index contributed by atoms with van der Waals surface area (Å²) in [5.74, 6) is 2.34. The van der Waals surface area contributed by atoms with Gasteiger partial charge in [-0.25, -0.2) is 18.1 Å². The second-order valence-corrected chi connectivity index (χ2v) is 6.90. The maximum atomic E-state index is 11.4. The van der Waals surface area contributed by atoms with Crippen LogP contribution in [0.4, 0.5) is 0 Å². The van der Waals surface area contributed by atoms with Crippen molar-refractivity contribution in [3.8, 4) is 0 Å². The van der Waals surface area contributed by atoms with Gasteiger partial charge in [-0.2, -0.15) is 5.10 Å². The fourth-order valence-corrected chi connectivity index (χ4v) is 4.21. The summed E-state index contributed by atoms with van der Waals surface area (Å²) >= 11 is 0. The lowest BCUT2D eigenvalue weighted by Crippen LogP contribution is -2.11. The van der Waals surface area contributed by atoms with E-state index >= 15 is 0 Å². The normalized spacial score (nSPS) is 27.9. The summed E-state index contributed by atoms with van der Waals surface area (Å²) in [4.78, 5) is 4.49. The molecule has 2 aliphatic rings. The summed E-state index contributed by atoms with van der Waals surface area (Å²) in [6, 6.07) is 0. The van der Waals surface area contributed by atoms with Crippen molar-refractivity contribution in [3.63, 3.8) is 0 Å². The third-order valence-corrected chi connectivity index (χ3v) is 5.15. The van der Waals surface area contributed by atoms with Gasteiger partial charge in [0.05, 0.1) is 11.5 Å². The Balaban J connectivity index is 1.88. The standard InChI is InChI=1S/C10H15N3O2S/c14-16(15)6-4-8(7-16)10-11-9-3-1-2-5-13(9)12-10/h8H,1-7H2. The maximum absolute atomic E-state index is 11.4. The molecule has 0 aromatic carbocycles. The SMILES string of the molecule is O=S1(=O)CCC(c2nc3n(n2)CCCC3)C1. The van der Waals surface area contributed by atoms with Gasteiger partial charge in [0.2, 0.25) is 0 Å². The molecule has 0 N–H and O–H groups in total. The highest BCUT2D eigenvalue weighted by atomic mass is 32.2. The zero-order valence-corrected chi connectivity index (χ0v) is 9.91. The maximum Gasteiger partial charge on any atom is 0.155 e.